The Balaban J connectivity index is 2.14. The van der Waals surface area contributed by atoms with Gasteiger partial charge in [0.25, 0.3) is 0 Å². The maximum absolute atomic E-state index is 5.06. The summed E-state index contributed by atoms with van der Waals surface area (Å²) in [4.78, 5) is 4.34. The molecule has 76 valence electrons. The van der Waals surface area contributed by atoms with Gasteiger partial charge < -0.3 is 10.1 Å². The van der Waals surface area contributed by atoms with Crippen molar-refractivity contribution in [2.75, 3.05) is 19.0 Å². The van der Waals surface area contributed by atoms with Crippen molar-refractivity contribution in [1.82, 2.24) is 10.3 Å². The molecule has 2 heterocycles. The second kappa shape index (κ2) is 4.06. The van der Waals surface area contributed by atoms with Crippen LogP contribution in [0.5, 0.6) is 5.88 Å². The standard InChI is InChI=1S/C9H13N3OS/c1-3-10-9-11-6-4-5-7(13-2)12-8(6)14-9/h4-5,9-11H,3H2,1-2H3. The zero-order chi connectivity index (χ0) is 9.97. The Labute approximate surface area is 87.4 Å². The first-order chi connectivity index (χ1) is 6.83. The lowest BCUT2D eigenvalue weighted by atomic mass is 10.4. The number of nitrogens with one attached hydrogen (secondary N) is 2. The number of nitrogens with zero attached hydrogens (tertiary/aromatic N) is 1. The van der Waals surface area contributed by atoms with Crippen LogP contribution in [0.4, 0.5) is 5.69 Å². The Hall–Kier alpha value is -0.940. The number of pyridine rings is 1. The number of aromatic nitrogens is 1. The van der Waals surface area contributed by atoms with Gasteiger partial charge in [-0.25, -0.2) is 4.98 Å². The van der Waals surface area contributed by atoms with Gasteiger partial charge in [0.2, 0.25) is 5.88 Å². The van der Waals surface area contributed by atoms with Crippen LogP contribution in [-0.4, -0.2) is 24.1 Å². The predicted molar refractivity (Wildman–Crippen MR) is 57.7 cm³/mol. The van der Waals surface area contributed by atoms with Gasteiger partial charge in [-0.3, -0.25) is 5.32 Å². The van der Waals surface area contributed by atoms with Gasteiger partial charge in [-0.05, 0) is 12.6 Å². The van der Waals surface area contributed by atoms with Crippen LogP contribution in [0.25, 0.3) is 0 Å². The van der Waals surface area contributed by atoms with E-state index >= 15 is 0 Å². The minimum atomic E-state index is 0.231. The Morgan fingerprint density at radius 1 is 1.64 bits per heavy atom. The van der Waals surface area contributed by atoms with Crippen molar-refractivity contribution < 1.29 is 4.74 Å². The van der Waals surface area contributed by atoms with Crippen LogP contribution in [0.1, 0.15) is 6.92 Å². The van der Waals surface area contributed by atoms with Crippen molar-refractivity contribution >= 4 is 17.4 Å². The minimum absolute atomic E-state index is 0.231. The SMILES string of the molecule is CCNC1Nc2ccc(OC)nc2S1. The molecule has 0 spiro atoms. The van der Waals surface area contributed by atoms with Gasteiger partial charge in [-0.1, -0.05) is 18.7 Å². The molecule has 0 radical (unpaired) electrons. The van der Waals surface area contributed by atoms with E-state index in [1.165, 1.54) is 0 Å². The van der Waals surface area contributed by atoms with Gasteiger partial charge >= 0.3 is 0 Å². The summed E-state index contributed by atoms with van der Waals surface area (Å²) in [5, 5.41) is 7.62. The van der Waals surface area contributed by atoms with Crippen LogP contribution in [0.3, 0.4) is 0 Å². The van der Waals surface area contributed by atoms with Gasteiger partial charge in [-0.2, -0.15) is 0 Å². The molecule has 1 aromatic rings. The third-order valence-corrected chi connectivity index (χ3v) is 3.00. The summed E-state index contributed by atoms with van der Waals surface area (Å²) in [5.41, 5.74) is 1.30. The summed E-state index contributed by atoms with van der Waals surface area (Å²) < 4.78 is 5.06. The zero-order valence-corrected chi connectivity index (χ0v) is 9.02. The van der Waals surface area contributed by atoms with E-state index in [4.69, 9.17) is 4.74 Å². The van der Waals surface area contributed by atoms with E-state index in [-0.39, 0.29) is 5.50 Å². The first-order valence-corrected chi connectivity index (χ1v) is 5.43. The highest BCUT2D eigenvalue weighted by atomic mass is 32.2. The Morgan fingerprint density at radius 2 is 2.50 bits per heavy atom. The molecule has 0 aliphatic carbocycles. The van der Waals surface area contributed by atoms with Gasteiger partial charge in [0.1, 0.15) is 10.5 Å². The maximum Gasteiger partial charge on any atom is 0.214 e. The fourth-order valence-electron chi connectivity index (χ4n) is 1.30. The minimum Gasteiger partial charge on any atom is -0.481 e. The molecule has 1 aliphatic heterocycles. The molecule has 1 aromatic heterocycles. The highest BCUT2D eigenvalue weighted by Crippen LogP contribution is 2.36. The molecule has 2 rings (SSSR count). The number of hydrogen-bond donors (Lipinski definition) is 2. The van der Waals surface area contributed by atoms with Crippen LogP contribution >= 0.6 is 11.8 Å². The molecule has 0 amide bonds. The zero-order valence-electron chi connectivity index (χ0n) is 8.20. The van der Waals surface area contributed by atoms with Crippen molar-refractivity contribution in [3.05, 3.63) is 12.1 Å². The second-order valence-electron chi connectivity index (χ2n) is 2.91. The van der Waals surface area contributed by atoms with E-state index < -0.39 is 0 Å². The lowest BCUT2D eigenvalue weighted by molar-refractivity contribution is 0.395. The number of anilines is 1. The summed E-state index contributed by atoms with van der Waals surface area (Å²) in [7, 11) is 1.63. The molecule has 14 heavy (non-hydrogen) atoms. The first kappa shape index (κ1) is 9.61. The summed E-state index contributed by atoms with van der Waals surface area (Å²) in [6.45, 7) is 3.02. The van der Waals surface area contributed by atoms with E-state index in [2.05, 4.69) is 22.5 Å². The number of rotatable bonds is 3. The third kappa shape index (κ3) is 1.78. The van der Waals surface area contributed by atoms with Crippen molar-refractivity contribution in [1.29, 1.82) is 0 Å². The number of fused-ring (bicyclic) bond motifs is 1. The lowest BCUT2D eigenvalue weighted by Crippen LogP contribution is -2.29. The monoisotopic (exact) mass is 211 g/mol. The van der Waals surface area contributed by atoms with Gasteiger partial charge in [0, 0.05) is 6.07 Å². The fourth-order valence-corrected chi connectivity index (χ4v) is 2.35. The molecule has 0 saturated carbocycles. The highest BCUT2D eigenvalue weighted by Gasteiger charge is 2.21. The summed E-state index contributed by atoms with van der Waals surface area (Å²) in [6, 6.07) is 3.85. The number of methoxy groups -OCH3 is 1. The first-order valence-electron chi connectivity index (χ1n) is 4.55. The van der Waals surface area contributed by atoms with E-state index in [0.717, 1.165) is 17.3 Å². The molecular formula is C9H13N3OS. The predicted octanol–water partition coefficient (Wildman–Crippen LogP) is 1.50. The maximum atomic E-state index is 5.06. The molecule has 1 unspecified atom stereocenters. The van der Waals surface area contributed by atoms with Crippen molar-refractivity contribution in [2.45, 2.75) is 17.4 Å². The molecule has 1 atom stereocenters. The van der Waals surface area contributed by atoms with Crippen LogP contribution in [0.2, 0.25) is 0 Å². The average molecular weight is 211 g/mol. The smallest absolute Gasteiger partial charge is 0.214 e. The molecule has 0 saturated heterocycles. The molecule has 1 aliphatic rings. The molecular weight excluding hydrogens is 198 g/mol. The van der Waals surface area contributed by atoms with Crippen LogP contribution in [0, 0.1) is 0 Å². The molecule has 0 fully saturated rings. The van der Waals surface area contributed by atoms with Gasteiger partial charge in [0.05, 0.1) is 12.8 Å². The Bertz CT molecular complexity index is 332. The fraction of sp³-hybridized carbons (Fsp3) is 0.444. The van der Waals surface area contributed by atoms with Crippen molar-refractivity contribution in [3.63, 3.8) is 0 Å². The molecule has 0 bridgehead atoms. The molecule has 2 N–H and O–H groups in total. The van der Waals surface area contributed by atoms with Crippen molar-refractivity contribution in [3.8, 4) is 5.88 Å². The summed E-state index contributed by atoms with van der Waals surface area (Å²) >= 11 is 1.68. The molecule has 5 heteroatoms. The lowest BCUT2D eigenvalue weighted by Gasteiger charge is -2.09. The number of hydrogen-bond acceptors (Lipinski definition) is 5. The van der Waals surface area contributed by atoms with Crippen LogP contribution in [-0.2, 0) is 0 Å². The van der Waals surface area contributed by atoms with Gasteiger partial charge in [-0.15, -0.1) is 0 Å². The van der Waals surface area contributed by atoms with Gasteiger partial charge in [0.15, 0.2) is 0 Å². The Morgan fingerprint density at radius 3 is 3.21 bits per heavy atom. The largest absolute Gasteiger partial charge is 0.481 e. The third-order valence-electron chi connectivity index (χ3n) is 1.95. The Kier molecular flexibility index (Phi) is 2.79. The molecule has 4 nitrogen and oxygen atoms in total. The molecule has 0 aromatic carbocycles. The number of thioether (sulfide) groups is 1. The number of ether oxygens (including phenoxy) is 1. The van der Waals surface area contributed by atoms with E-state index in [1.54, 1.807) is 18.9 Å². The summed E-state index contributed by atoms with van der Waals surface area (Å²) in [5.74, 6) is 0.662. The summed E-state index contributed by atoms with van der Waals surface area (Å²) in [6.07, 6.45) is 0. The van der Waals surface area contributed by atoms with Crippen LogP contribution < -0.4 is 15.4 Å². The highest BCUT2D eigenvalue weighted by molar-refractivity contribution is 8.00. The quantitative estimate of drug-likeness (QED) is 0.793. The van der Waals surface area contributed by atoms with Crippen molar-refractivity contribution in [2.24, 2.45) is 0 Å². The van der Waals surface area contributed by atoms with E-state index in [1.807, 2.05) is 12.1 Å². The topological polar surface area (TPSA) is 46.2 Å². The van der Waals surface area contributed by atoms with E-state index in [9.17, 15) is 0 Å². The van der Waals surface area contributed by atoms with Crippen LogP contribution in [0.15, 0.2) is 17.2 Å². The normalized spacial score (nSPS) is 18.9. The second-order valence-corrected chi connectivity index (χ2v) is 4.00. The average Bonchev–Trinajstić information content (AvgIpc) is 2.59. The van der Waals surface area contributed by atoms with E-state index in [0.29, 0.717) is 5.88 Å².